The molecule has 8 rings (SSSR count). The third kappa shape index (κ3) is 7.01. The molecule has 6 aromatic carbocycles. The van der Waals surface area contributed by atoms with E-state index in [9.17, 15) is 5.11 Å². The van der Waals surface area contributed by atoms with Crippen LogP contribution in [0.5, 0.6) is 5.75 Å². The van der Waals surface area contributed by atoms with E-state index in [-0.39, 0.29) is 37.6 Å². The number of nitrogens with zero attached hydrogens (tertiary/aromatic N) is 3. The van der Waals surface area contributed by atoms with Crippen LogP contribution in [-0.4, -0.2) is 19.6 Å². The van der Waals surface area contributed by atoms with Crippen LogP contribution in [-0.2, 0) is 37.4 Å². The Bertz CT molecular complexity index is 2700. The van der Waals surface area contributed by atoms with Gasteiger partial charge in [0.25, 0.3) is 0 Å². The minimum Gasteiger partial charge on any atom is -0.507 e. The SMILES string of the molecule is CC(C)(C)c1ccc(O)c(-c2nc3c(-c4[c-]c(-c5cc(C(C)(C)C)cc6c(-c7ccccc7)ccnc56)ccc4)cccc3n2C(C)(C)c2ccccc2)c1.[Pt]. The van der Waals surface area contributed by atoms with Crippen molar-refractivity contribution in [1.82, 2.24) is 14.5 Å². The van der Waals surface area contributed by atoms with Gasteiger partial charge in [0.15, 0.2) is 0 Å². The maximum absolute atomic E-state index is 11.5. The van der Waals surface area contributed by atoms with Gasteiger partial charge in [0.1, 0.15) is 11.6 Å². The van der Waals surface area contributed by atoms with Crippen molar-refractivity contribution in [3.8, 4) is 50.5 Å². The Balaban J connectivity index is 0.00000480. The van der Waals surface area contributed by atoms with Crippen molar-refractivity contribution in [3.63, 3.8) is 0 Å². The van der Waals surface area contributed by atoms with Crippen molar-refractivity contribution in [2.75, 3.05) is 0 Å². The Hall–Kier alpha value is -5.31. The predicted octanol–water partition coefficient (Wildman–Crippen LogP) is 13.1. The number of imidazole rings is 1. The van der Waals surface area contributed by atoms with E-state index in [1.54, 1.807) is 6.07 Å². The largest absolute Gasteiger partial charge is 0.507 e. The first-order valence-electron chi connectivity index (χ1n) is 19.1. The molecule has 0 aliphatic heterocycles. The number of phenolic OH excluding ortho intramolecular Hbond substituents is 1. The predicted molar refractivity (Wildman–Crippen MR) is 230 cm³/mol. The molecule has 0 saturated carbocycles. The van der Waals surface area contributed by atoms with E-state index < -0.39 is 5.54 Å². The molecule has 0 radical (unpaired) electrons. The number of aromatic hydroxyl groups is 1. The second-order valence-electron chi connectivity index (χ2n) is 17.2. The molecule has 56 heavy (non-hydrogen) atoms. The van der Waals surface area contributed by atoms with Crippen molar-refractivity contribution in [2.24, 2.45) is 0 Å². The zero-order chi connectivity index (χ0) is 38.7. The van der Waals surface area contributed by atoms with E-state index in [4.69, 9.17) is 9.97 Å². The van der Waals surface area contributed by atoms with Crippen LogP contribution in [0.1, 0.15) is 72.1 Å². The standard InChI is InChI=1S/C51H48N3O.Pt/c1-49(2,3)37-25-26-45(55)43(30-37)48-53-47-40(23-16-24-44(47)54(48)51(7,8)36-21-13-10-14-22-36)34-19-15-20-35(29-34)41-31-38(50(4,5)6)32-42-39(27-28-52-46(41)42)33-17-11-9-12-18-33;/h9-28,30-32,55H,1-8H3;/q-1;. The number of fused-ring (bicyclic) bond motifs is 2. The number of hydrogen-bond acceptors (Lipinski definition) is 3. The summed E-state index contributed by atoms with van der Waals surface area (Å²) in [7, 11) is 0. The average molecular weight is 914 g/mol. The molecule has 2 aromatic heterocycles. The van der Waals surface area contributed by atoms with Gasteiger partial charge < -0.3 is 9.67 Å². The Morgan fingerprint density at radius 3 is 1.84 bits per heavy atom. The van der Waals surface area contributed by atoms with E-state index in [0.29, 0.717) is 5.56 Å². The Labute approximate surface area is 345 Å². The van der Waals surface area contributed by atoms with Gasteiger partial charge in [-0.25, -0.2) is 4.98 Å². The van der Waals surface area contributed by atoms with E-state index in [1.165, 1.54) is 11.1 Å². The Morgan fingerprint density at radius 2 is 1.16 bits per heavy atom. The summed E-state index contributed by atoms with van der Waals surface area (Å²) >= 11 is 0. The van der Waals surface area contributed by atoms with Crippen molar-refractivity contribution < 1.29 is 26.2 Å². The van der Waals surface area contributed by atoms with Gasteiger partial charge in [0, 0.05) is 38.2 Å². The van der Waals surface area contributed by atoms with Crippen LogP contribution in [0.2, 0.25) is 0 Å². The quantitative estimate of drug-likeness (QED) is 0.169. The molecule has 2 heterocycles. The first-order valence-corrected chi connectivity index (χ1v) is 19.1. The summed E-state index contributed by atoms with van der Waals surface area (Å²) in [6.07, 6.45) is 1.92. The van der Waals surface area contributed by atoms with Crippen LogP contribution < -0.4 is 0 Å². The van der Waals surface area contributed by atoms with Crippen LogP contribution in [0.4, 0.5) is 0 Å². The fourth-order valence-corrected chi connectivity index (χ4v) is 7.77. The molecule has 1 N–H and O–H groups in total. The molecule has 0 aliphatic rings. The molecule has 284 valence electrons. The van der Waals surface area contributed by atoms with Crippen LogP contribution in [0.15, 0.2) is 140 Å². The van der Waals surface area contributed by atoms with E-state index >= 15 is 0 Å². The number of aromatic nitrogens is 3. The molecule has 0 amide bonds. The van der Waals surface area contributed by atoms with Crippen LogP contribution in [0.25, 0.3) is 66.7 Å². The molecule has 0 atom stereocenters. The van der Waals surface area contributed by atoms with Gasteiger partial charge in [-0.15, -0.1) is 35.4 Å². The average Bonchev–Trinajstić information content (AvgIpc) is 3.58. The maximum atomic E-state index is 11.5. The molecule has 0 bridgehead atoms. The van der Waals surface area contributed by atoms with Crippen LogP contribution >= 0.6 is 0 Å². The number of pyridine rings is 1. The summed E-state index contributed by atoms with van der Waals surface area (Å²) < 4.78 is 2.29. The van der Waals surface area contributed by atoms with Gasteiger partial charge in [0.2, 0.25) is 0 Å². The van der Waals surface area contributed by atoms with E-state index in [0.717, 1.165) is 66.7 Å². The molecule has 0 saturated heterocycles. The van der Waals surface area contributed by atoms with Crippen molar-refractivity contribution in [2.45, 2.75) is 71.8 Å². The smallest absolute Gasteiger partial charge is 0.144 e. The molecule has 0 aliphatic carbocycles. The second-order valence-corrected chi connectivity index (χ2v) is 17.2. The topological polar surface area (TPSA) is 50.9 Å². The van der Waals surface area contributed by atoms with Gasteiger partial charge in [0.05, 0.1) is 22.1 Å². The molecule has 8 aromatic rings. The second kappa shape index (κ2) is 14.6. The fourth-order valence-electron chi connectivity index (χ4n) is 7.77. The molecule has 5 heteroatoms. The summed E-state index contributed by atoms with van der Waals surface area (Å²) in [4.78, 5) is 10.4. The third-order valence-corrected chi connectivity index (χ3v) is 11.0. The van der Waals surface area contributed by atoms with Crippen molar-refractivity contribution in [3.05, 3.63) is 162 Å². The number of benzene rings is 6. The Kier molecular flexibility index (Phi) is 10.2. The monoisotopic (exact) mass is 913 g/mol. The first-order chi connectivity index (χ1) is 26.2. The van der Waals surface area contributed by atoms with Gasteiger partial charge >= 0.3 is 0 Å². The zero-order valence-corrected chi connectivity index (χ0v) is 35.7. The summed E-state index contributed by atoms with van der Waals surface area (Å²) in [6.45, 7) is 17.8. The minimum absolute atomic E-state index is 0. The summed E-state index contributed by atoms with van der Waals surface area (Å²) in [5.41, 5.74) is 12.6. The van der Waals surface area contributed by atoms with Crippen LogP contribution in [0.3, 0.4) is 0 Å². The molecular weight excluding hydrogens is 866 g/mol. The minimum atomic E-state index is -0.506. The van der Waals surface area contributed by atoms with Crippen molar-refractivity contribution in [1.29, 1.82) is 0 Å². The molecule has 4 nitrogen and oxygen atoms in total. The summed E-state index contributed by atoms with van der Waals surface area (Å²) in [5.74, 6) is 0.925. The summed E-state index contributed by atoms with van der Waals surface area (Å²) in [5, 5.41) is 12.6. The van der Waals surface area contributed by atoms with Gasteiger partial charge in [-0.2, -0.15) is 0 Å². The maximum Gasteiger partial charge on any atom is 0.144 e. The molecule has 0 spiro atoms. The Morgan fingerprint density at radius 1 is 0.536 bits per heavy atom. The van der Waals surface area contributed by atoms with Gasteiger partial charge in [-0.3, -0.25) is 4.98 Å². The first kappa shape index (κ1) is 38.9. The number of phenols is 1. The van der Waals surface area contributed by atoms with Gasteiger partial charge in [-0.05, 0) is 82.8 Å². The van der Waals surface area contributed by atoms with E-state index in [2.05, 4.69) is 181 Å². The number of para-hydroxylation sites is 1. The molecule has 0 unspecified atom stereocenters. The number of hydrogen-bond donors (Lipinski definition) is 1. The number of rotatable bonds is 6. The van der Waals surface area contributed by atoms with Gasteiger partial charge in [-0.1, -0.05) is 138 Å². The zero-order valence-electron chi connectivity index (χ0n) is 33.4. The van der Waals surface area contributed by atoms with E-state index in [1.807, 2.05) is 18.3 Å². The van der Waals surface area contributed by atoms with Crippen molar-refractivity contribution >= 4 is 21.9 Å². The third-order valence-electron chi connectivity index (χ3n) is 11.0. The summed E-state index contributed by atoms with van der Waals surface area (Å²) in [6, 6.07) is 50.3. The normalized spacial score (nSPS) is 12.2. The molecular formula is C51H48N3OPt-. The fraction of sp³-hybridized carbons (Fsp3) is 0.216. The van der Waals surface area contributed by atoms with Crippen LogP contribution in [0, 0.1) is 6.07 Å². The molecule has 0 fully saturated rings.